The number of aliphatic carboxylic acids is 1. The molecule has 0 amide bonds. The predicted molar refractivity (Wildman–Crippen MR) is 64.4 cm³/mol. The van der Waals surface area contributed by atoms with E-state index >= 15 is 0 Å². The van der Waals surface area contributed by atoms with Crippen LogP contribution in [-0.4, -0.2) is 18.1 Å². The Bertz CT molecular complexity index is 363. The van der Waals surface area contributed by atoms with Crippen molar-refractivity contribution >= 4 is 5.97 Å². The molecule has 0 aromatic heterocycles. The lowest BCUT2D eigenvalue weighted by Gasteiger charge is -2.20. The van der Waals surface area contributed by atoms with Gasteiger partial charge in [-0.05, 0) is 31.5 Å². The van der Waals surface area contributed by atoms with Crippen LogP contribution in [0.25, 0.3) is 0 Å². The van der Waals surface area contributed by atoms with Crippen molar-refractivity contribution in [3.8, 4) is 0 Å². The van der Waals surface area contributed by atoms with E-state index in [1.807, 2.05) is 38.2 Å². The Kier molecular flexibility index (Phi) is 4.50. The molecular weight excluding hydrogens is 202 g/mol. The van der Waals surface area contributed by atoms with Crippen LogP contribution in [0.5, 0.6) is 0 Å². The zero-order valence-electron chi connectivity index (χ0n) is 10.0. The van der Waals surface area contributed by atoms with Crippen LogP contribution in [0.2, 0.25) is 0 Å². The largest absolute Gasteiger partial charge is 0.481 e. The van der Waals surface area contributed by atoms with Crippen molar-refractivity contribution < 1.29 is 9.90 Å². The van der Waals surface area contributed by atoms with Gasteiger partial charge < -0.3 is 10.4 Å². The Morgan fingerprint density at radius 2 is 2.06 bits per heavy atom. The molecule has 1 aromatic carbocycles. The van der Waals surface area contributed by atoms with Crippen molar-refractivity contribution in [3.05, 3.63) is 35.4 Å². The molecular formula is C13H19NO2. The number of nitrogens with one attached hydrogen (secondary N) is 1. The molecule has 0 aliphatic carbocycles. The van der Waals surface area contributed by atoms with Gasteiger partial charge in [-0.1, -0.05) is 31.2 Å². The molecule has 3 nitrogen and oxygen atoms in total. The van der Waals surface area contributed by atoms with Gasteiger partial charge in [0.1, 0.15) is 0 Å². The lowest BCUT2D eigenvalue weighted by molar-refractivity contribution is -0.141. The van der Waals surface area contributed by atoms with Crippen LogP contribution in [0.1, 0.15) is 30.5 Å². The van der Waals surface area contributed by atoms with Crippen LogP contribution in [0, 0.1) is 12.8 Å². The van der Waals surface area contributed by atoms with E-state index < -0.39 is 5.97 Å². The number of carbonyl (C=O) groups is 1. The number of rotatable bonds is 5. The quantitative estimate of drug-likeness (QED) is 0.802. The molecule has 0 saturated carbocycles. The molecule has 0 aliphatic heterocycles. The van der Waals surface area contributed by atoms with Crippen LogP contribution in [-0.2, 0) is 4.79 Å². The fourth-order valence-electron chi connectivity index (χ4n) is 1.83. The average Bonchev–Trinajstić information content (AvgIpc) is 2.26. The summed E-state index contributed by atoms with van der Waals surface area (Å²) in [6, 6.07) is 8.17. The maximum atomic E-state index is 10.8. The highest BCUT2D eigenvalue weighted by molar-refractivity contribution is 5.69. The summed E-state index contributed by atoms with van der Waals surface area (Å²) in [4.78, 5) is 10.8. The Morgan fingerprint density at radius 1 is 1.44 bits per heavy atom. The summed E-state index contributed by atoms with van der Waals surface area (Å²) in [6.07, 6.45) is 0.608. The molecule has 88 valence electrons. The van der Waals surface area contributed by atoms with E-state index in [2.05, 4.69) is 5.32 Å². The molecule has 0 spiro atoms. The van der Waals surface area contributed by atoms with Crippen LogP contribution < -0.4 is 5.32 Å². The Hall–Kier alpha value is -1.35. The van der Waals surface area contributed by atoms with E-state index in [0.29, 0.717) is 6.42 Å². The summed E-state index contributed by atoms with van der Waals surface area (Å²) in [5.41, 5.74) is 2.37. The molecule has 0 heterocycles. The second kappa shape index (κ2) is 5.66. The molecule has 16 heavy (non-hydrogen) atoms. The maximum Gasteiger partial charge on any atom is 0.306 e. The predicted octanol–water partition coefficient (Wildman–Crippen LogP) is 2.37. The summed E-state index contributed by atoms with van der Waals surface area (Å²) in [6.45, 7) is 3.79. The number of carboxylic acid groups (broad SMARTS) is 1. The normalized spacial score (nSPS) is 14.4. The number of benzene rings is 1. The van der Waals surface area contributed by atoms with Gasteiger partial charge in [-0.3, -0.25) is 4.79 Å². The summed E-state index contributed by atoms with van der Waals surface area (Å²) in [7, 11) is 1.87. The molecule has 0 saturated heterocycles. The van der Waals surface area contributed by atoms with Gasteiger partial charge >= 0.3 is 5.97 Å². The molecule has 1 aromatic rings. The van der Waals surface area contributed by atoms with Crippen LogP contribution in [0.15, 0.2) is 24.3 Å². The monoisotopic (exact) mass is 221 g/mol. The van der Waals surface area contributed by atoms with Crippen LogP contribution in [0.4, 0.5) is 0 Å². The summed E-state index contributed by atoms with van der Waals surface area (Å²) in [5.74, 6) is -1.08. The highest BCUT2D eigenvalue weighted by atomic mass is 16.4. The van der Waals surface area contributed by atoms with Crippen LogP contribution >= 0.6 is 0 Å². The van der Waals surface area contributed by atoms with Gasteiger partial charge in [0.25, 0.3) is 0 Å². The Morgan fingerprint density at radius 3 is 2.56 bits per heavy atom. The van der Waals surface area contributed by atoms with E-state index in [9.17, 15) is 4.79 Å². The third kappa shape index (κ3) is 3.07. The minimum absolute atomic E-state index is 0.104. The van der Waals surface area contributed by atoms with Crippen molar-refractivity contribution in [3.63, 3.8) is 0 Å². The summed E-state index contributed by atoms with van der Waals surface area (Å²) >= 11 is 0. The van der Waals surface area contributed by atoms with Gasteiger partial charge in [0.05, 0.1) is 5.92 Å². The molecule has 0 radical (unpaired) electrons. The number of hydrogen-bond acceptors (Lipinski definition) is 2. The van der Waals surface area contributed by atoms with Gasteiger partial charge in [-0.15, -0.1) is 0 Å². The van der Waals surface area contributed by atoms with Gasteiger partial charge in [0, 0.05) is 6.04 Å². The molecule has 1 rings (SSSR count). The first-order chi connectivity index (χ1) is 7.56. The van der Waals surface area contributed by atoms with Crippen LogP contribution in [0.3, 0.4) is 0 Å². The number of aryl methyl sites for hydroxylation is 1. The summed E-state index contributed by atoms with van der Waals surface area (Å²) in [5, 5.41) is 12.1. The lowest BCUT2D eigenvalue weighted by Crippen LogP contribution is -2.23. The third-order valence-corrected chi connectivity index (χ3v) is 2.92. The minimum Gasteiger partial charge on any atom is -0.481 e. The lowest BCUT2D eigenvalue weighted by atomic mass is 9.93. The van der Waals surface area contributed by atoms with Gasteiger partial charge in [-0.25, -0.2) is 0 Å². The van der Waals surface area contributed by atoms with Crippen molar-refractivity contribution in [1.29, 1.82) is 0 Å². The Labute approximate surface area is 96.5 Å². The van der Waals surface area contributed by atoms with E-state index in [4.69, 9.17) is 5.11 Å². The van der Waals surface area contributed by atoms with Crippen molar-refractivity contribution in [2.45, 2.75) is 26.3 Å². The molecule has 2 unspecified atom stereocenters. The van der Waals surface area contributed by atoms with E-state index in [1.165, 1.54) is 11.1 Å². The van der Waals surface area contributed by atoms with E-state index in [1.54, 1.807) is 6.92 Å². The fraction of sp³-hybridized carbons (Fsp3) is 0.462. The zero-order chi connectivity index (χ0) is 12.1. The number of hydrogen-bond donors (Lipinski definition) is 2. The van der Waals surface area contributed by atoms with Crippen molar-refractivity contribution in [2.24, 2.45) is 5.92 Å². The molecule has 0 bridgehead atoms. The fourth-order valence-corrected chi connectivity index (χ4v) is 1.83. The first kappa shape index (κ1) is 12.7. The first-order valence-electron chi connectivity index (χ1n) is 5.51. The Balaban J connectivity index is 2.83. The highest BCUT2D eigenvalue weighted by Gasteiger charge is 2.19. The molecule has 2 N–H and O–H groups in total. The molecule has 2 atom stereocenters. The van der Waals surface area contributed by atoms with Gasteiger partial charge in [0.15, 0.2) is 0 Å². The first-order valence-corrected chi connectivity index (χ1v) is 5.51. The van der Waals surface area contributed by atoms with Crippen molar-refractivity contribution in [2.75, 3.05) is 7.05 Å². The zero-order valence-corrected chi connectivity index (χ0v) is 10.0. The average molecular weight is 221 g/mol. The SMILES string of the molecule is CNC(CC(C)C(=O)O)c1ccccc1C. The molecule has 3 heteroatoms. The van der Waals surface area contributed by atoms with E-state index in [0.717, 1.165) is 0 Å². The molecule has 0 aliphatic rings. The minimum atomic E-state index is -0.742. The summed E-state index contributed by atoms with van der Waals surface area (Å²) < 4.78 is 0. The van der Waals surface area contributed by atoms with Crippen molar-refractivity contribution in [1.82, 2.24) is 5.32 Å². The van der Waals surface area contributed by atoms with Gasteiger partial charge in [-0.2, -0.15) is 0 Å². The second-order valence-electron chi connectivity index (χ2n) is 4.17. The number of carboxylic acids is 1. The van der Waals surface area contributed by atoms with E-state index in [-0.39, 0.29) is 12.0 Å². The third-order valence-electron chi connectivity index (χ3n) is 2.92. The topological polar surface area (TPSA) is 49.3 Å². The highest BCUT2D eigenvalue weighted by Crippen LogP contribution is 2.23. The second-order valence-corrected chi connectivity index (χ2v) is 4.17. The smallest absolute Gasteiger partial charge is 0.306 e. The standard InChI is InChI=1S/C13H19NO2/c1-9-6-4-5-7-11(9)12(14-3)8-10(2)13(15)16/h4-7,10,12,14H,8H2,1-3H3,(H,15,16). The maximum absolute atomic E-state index is 10.8. The molecule has 0 fully saturated rings. The van der Waals surface area contributed by atoms with Gasteiger partial charge in [0.2, 0.25) is 0 Å².